The predicted molar refractivity (Wildman–Crippen MR) is 91.2 cm³/mol. The number of rotatable bonds is 4. The second-order valence-corrected chi connectivity index (χ2v) is 7.70. The Labute approximate surface area is 141 Å². The second-order valence-electron chi connectivity index (χ2n) is 5.98. The molecule has 0 spiro atoms. The van der Waals surface area contributed by atoms with Gasteiger partial charge in [0.25, 0.3) is 0 Å². The number of hydrogen-bond donors (Lipinski definition) is 1. The fourth-order valence-corrected chi connectivity index (χ4v) is 3.91. The van der Waals surface area contributed by atoms with Gasteiger partial charge in [0.05, 0.1) is 0 Å². The minimum absolute atomic E-state index is 0.0860. The number of carbonyl (C=O) groups is 1. The predicted octanol–water partition coefficient (Wildman–Crippen LogP) is 1.78. The van der Waals surface area contributed by atoms with Crippen LogP contribution in [0.4, 0.5) is 5.69 Å². The van der Waals surface area contributed by atoms with Gasteiger partial charge in [0.2, 0.25) is 15.9 Å². The van der Waals surface area contributed by atoms with Crippen molar-refractivity contribution in [3.8, 4) is 0 Å². The molecule has 3 rings (SSSR count). The summed E-state index contributed by atoms with van der Waals surface area (Å²) in [5.41, 5.74) is 3.05. The molecule has 1 fully saturated rings. The maximum atomic E-state index is 12.4. The summed E-state index contributed by atoms with van der Waals surface area (Å²) in [5.74, 6) is -0.0860. The minimum atomic E-state index is -3.68. The lowest BCUT2D eigenvalue weighted by Gasteiger charge is -2.18. The van der Waals surface area contributed by atoms with Crippen LogP contribution in [0.2, 0.25) is 0 Å². The average molecular weight is 345 g/mol. The van der Waals surface area contributed by atoms with Crippen LogP contribution in [0.5, 0.6) is 0 Å². The summed E-state index contributed by atoms with van der Waals surface area (Å²) in [6, 6.07) is 8.39. The highest BCUT2D eigenvalue weighted by atomic mass is 32.2. The van der Waals surface area contributed by atoms with Gasteiger partial charge in [0, 0.05) is 37.1 Å². The molecule has 1 amide bonds. The monoisotopic (exact) mass is 345 g/mol. The van der Waals surface area contributed by atoms with Crippen LogP contribution in [0.25, 0.3) is 0 Å². The highest BCUT2D eigenvalue weighted by Crippen LogP contribution is 2.24. The third kappa shape index (κ3) is 3.32. The topological polar surface area (TPSA) is 79.4 Å². The molecule has 1 aromatic heterocycles. The summed E-state index contributed by atoms with van der Waals surface area (Å²) in [6.45, 7) is 4.32. The van der Waals surface area contributed by atoms with Crippen molar-refractivity contribution in [1.82, 2.24) is 9.71 Å². The first-order valence-electron chi connectivity index (χ1n) is 7.67. The number of pyridine rings is 1. The van der Waals surface area contributed by atoms with Gasteiger partial charge in [-0.3, -0.25) is 9.78 Å². The molecule has 24 heavy (non-hydrogen) atoms. The number of sulfonamides is 1. The van der Waals surface area contributed by atoms with Gasteiger partial charge in [-0.2, -0.15) is 0 Å². The minimum Gasteiger partial charge on any atom is -0.311 e. The fraction of sp³-hybridized carbons (Fsp3) is 0.294. The fourth-order valence-electron chi connectivity index (χ4n) is 2.72. The van der Waals surface area contributed by atoms with E-state index in [-0.39, 0.29) is 17.2 Å². The summed E-state index contributed by atoms with van der Waals surface area (Å²) in [6.07, 6.45) is 2.95. The van der Waals surface area contributed by atoms with Gasteiger partial charge in [-0.1, -0.05) is 6.07 Å². The van der Waals surface area contributed by atoms with Gasteiger partial charge < -0.3 is 4.90 Å². The number of amides is 1. The van der Waals surface area contributed by atoms with Gasteiger partial charge in [-0.15, -0.1) is 0 Å². The van der Waals surface area contributed by atoms with E-state index in [1.54, 1.807) is 11.0 Å². The Morgan fingerprint density at radius 2 is 2.00 bits per heavy atom. The van der Waals surface area contributed by atoms with Crippen LogP contribution in [-0.2, 0) is 14.8 Å². The highest BCUT2D eigenvalue weighted by molar-refractivity contribution is 7.89. The molecule has 1 atom stereocenters. The number of carbonyl (C=O) groups excluding carboxylic acids is 1. The maximum absolute atomic E-state index is 12.4. The Kier molecular flexibility index (Phi) is 4.38. The van der Waals surface area contributed by atoms with E-state index in [4.69, 9.17) is 0 Å². The normalized spacial score (nSPS) is 18.2. The molecule has 1 aliphatic rings. The van der Waals surface area contributed by atoms with E-state index in [0.717, 1.165) is 16.8 Å². The van der Waals surface area contributed by atoms with Gasteiger partial charge in [-0.05, 0) is 49.2 Å². The van der Waals surface area contributed by atoms with Crippen molar-refractivity contribution in [2.45, 2.75) is 31.2 Å². The average Bonchev–Trinajstić information content (AvgIpc) is 2.90. The zero-order chi connectivity index (χ0) is 17.3. The number of aryl methyl sites for hydroxylation is 2. The molecule has 2 aromatic rings. The number of hydrogen-bond acceptors (Lipinski definition) is 4. The van der Waals surface area contributed by atoms with Crippen LogP contribution in [0.15, 0.2) is 47.6 Å². The summed E-state index contributed by atoms with van der Waals surface area (Å²) in [4.78, 5) is 17.8. The van der Waals surface area contributed by atoms with Crippen molar-refractivity contribution in [1.29, 1.82) is 0 Å². The summed E-state index contributed by atoms with van der Waals surface area (Å²) < 4.78 is 27.3. The lowest BCUT2D eigenvalue weighted by molar-refractivity contribution is -0.117. The Bertz CT molecular complexity index is 866. The van der Waals surface area contributed by atoms with Crippen molar-refractivity contribution in [3.63, 3.8) is 0 Å². The Balaban J connectivity index is 1.76. The van der Waals surface area contributed by atoms with Crippen LogP contribution in [0.1, 0.15) is 17.5 Å². The Morgan fingerprint density at radius 3 is 2.67 bits per heavy atom. The molecule has 0 bridgehead atoms. The van der Waals surface area contributed by atoms with E-state index >= 15 is 0 Å². The molecule has 0 saturated carbocycles. The van der Waals surface area contributed by atoms with Crippen LogP contribution in [-0.4, -0.2) is 31.9 Å². The Hall–Kier alpha value is -2.25. The van der Waals surface area contributed by atoms with Crippen molar-refractivity contribution >= 4 is 21.6 Å². The maximum Gasteiger partial charge on any atom is 0.242 e. The molecule has 6 nitrogen and oxygen atoms in total. The molecule has 7 heteroatoms. The van der Waals surface area contributed by atoms with Crippen molar-refractivity contribution < 1.29 is 13.2 Å². The third-order valence-corrected chi connectivity index (χ3v) is 5.70. The largest absolute Gasteiger partial charge is 0.311 e. The van der Waals surface area contributed by atoms with Gasteiger partial charge >= 0.3 is 0 Å². The van der Waals surface area contributed by atoms with Gasteiger partial charge in [0.15, 0.2) is 0 Å². The van der Waals surface area contributed by atoms with Crippen molar-refractivity contribution in [2.75, 3.05) is 11.4 Å². The van der Waals surface area contributed by atoms with E-state index < -0.39 is 16.1 Å². The van der Waals surface area contributed by atoms with Crippen LogP contribution < -0.4 is 9.62 Å². The van der Waals surface area contributed by atoms with Crippen LogP contribution >= 0.6 is 0 Å². The number of nitrogens with one attached hydrogen (secondary N) is 1. The number of nitrogens with zero attached hydrogens (tertiary/aromatic N) is 2. The molecular formula is C17H19N3O3S. The van der Waals surface area contributed by atoms with Gasteiger partial charge in [-0.25, -0.2) is 13.1 Å². The number of benzene rings is 1. The zero-order valence-corrected chi connectivity index (χ0v) is 14.4. The third-order valence-electron chi connectivity index (χ3n) is 4.19. The molecule has 1 aromatic carbocycles. The second kappa shape index (κ2) is 6.33. The van der Waals surface area contributed by atoms with Crippen LogP contribution in [0, 0.1) is 13.8 Å². The lowest BCUT2D eigenvalue weighted by atomic mass is 10.1. The van der Waals surface area contributed by atoms with Crippen molar-refractivity contribution in [3.05, 3.63) is 53.9 Å². The standard InChI is InChI=1S/C17H19N3O3S/c1-12-5-6-15(8-13(12)2)20-11-14(9-17(20)21)19-24(22,23)16-4-3-7-18-10-16/h3-8,10,14,19H,9,11H2,1-2H3/t14-/m0/s1. The van der Waals surface area contributed by atoms with E-state index in [1.165, 1.54) is 18.5 Å². The summed E-state index contributed by atoms with van der Waals surface area (Å²) in [7, 11) is -3.68. The van der Waals surface area contributed by atoms with Crippen molar-refractivity contribution in [2.24, 2.45) is 0 Å². The molecule has 0 unspecified atom stereocenters. The molecule has 126 valence electrons. The zero-order valence-electron chi connectivity index (χ0n) is 13.6. The quantitative estimate of drug-likeness (QED) is 0.916. The van der Waals surface area contributed by atoms with E-state index in [9.17, 15) is 13.2 Å². The number of anilines is 1. The summed E-state index contributed by atoms with van der Waals surface area (Å²) in [5, 5.41) is 0. The summed E-state index contributed by atoms with van der Waals surface area (Å²) >= 11 is 0. The molecule has 1 saturated heterocycles. The first-order valence-corrected chi connectivity index (χ1v) is 9.15. The molecule has 2 heterocycles. The SMILES string of the molecule is Cc1ccc(N2C[C@@H](NS(=O)(=O)c3cccnc3)CC2=O)cc1C. The highest BCUT2D eigenvalue weighted by Gasteiger charge is 2.33. The molecule has 0 aliphatic carbocycles. The molecule has 1 aliphatic heterocycles. The first kappa shape index (κ1) is 16.6. The smallest absolute Gasteiger partial charge is 0.242 e. The van der Waals surface area contributed by atoms with Crippen LogP contribution in [0.3, 0.4) is 0 Å². The number of aromatic nitrogens is 1. The lowest BCUT2D eigenvalue weighted by Crippen LogP contribution is -2.37. The Morgan fingerprint density at radius 1 is 1.21 bits per heavy atom. The molecule has 1 N–H and O–H groups in total. The van der Waals surface area contributed by atoms with Gasteiger partial charge in [0.1, 0.15) is 4.90 Å². The van der Waals surface area contributed by atoms with E-state index in [0.29, 0.717) is 6.54 Å². The molecular weight excluding hydrogens is 326 g/mol. The van der Waals surface area contributed by atoms with E-state index in [1.807, 2.05) is 32.0 Å². The first-order chi connectivity index (χ1) is 11.4. The molecule has 0 radical (unpaired) electrons. The van der Waals surface area contributed by atoms with E-state index in [2.05, 4.69) is 9.71 Å².